The first-order valence-electron chi connectivity index (χ1n) is 8.02. The van der Waals surface area contributed by atoms with Gasteiger partial charge in [0.2, 0.25) is 5.60 Å². The van der Waals surface area contributed by atoms with Gasteiger partial charge in [0, 0.05) is 10.9 Å². The van der Waals surface area contributed by atoms with Gasteiger partial charge in [-0.3, -0.25) is 0 Å². The van der Waals surface area contributed by atoms with E-state index in [0.717, 1.165) is 5.56 Å². The Labute approximate surface area is 148 Å². The predicted molar refractivity (Wildman–Crippen MR) is 97.1 cm³/mol. The quantitative estimate of drug-likeness (QED) is 0.752. The fourth-order valence-electron chi connectivity index (χ4n) is 2.55. The van der Waals surface area contributed by atoms with E-state index in [1.807, 2.05) is 43.3 Å². The number of halogens is 1. The first-order valence-corrected chi connectivity index (χ1v) is 8.39. The minimum atomic E-state index is -1.38. The number of ether oxygens (including phenoxy) is 1. The van der Waals surface area contributed by atoms with Crippen molar-refractivity contribution in [3.05, 3.63) is 64.7 Å². The highest BCUT2D eigenvalue weighted by Crippen LogP contribution is 2.34. The summed E-state index contributed by atoms with van der Waals surface area (Å²) in [5, 5.41) is 10.4. The second kappa shape index (κ2) is 7.27. The zero-order chi connectivity index (χ0) is 17.9. The summed E-state index contributed by atoms with van der Waals surface area (Å²) in [6.45, 7) is 7.67. The van der Waals surface area contributed by atoms with Gasteiger partial charge in [-0.05, 0) is 48.2 Å². The van der Waals surface area contributed by atoms with Gasteiger partial charge in [-0.25, -0.2) is 4.79 Å². The molecule has 0 aromatic heterocycles. The number of carboxylic acids is 1. The summed E-state index contributed by atoms with van der Waals surface area (Å²) >= 11 is 5.92. The molecule has 2 atom stereocenters. The number of hydrogen-bond donors (Lipinski definition) is 1. The largest absolute Gasteiger partial charge is 0.478 e. The lowest BCUT2D eigenvalue weighted by Gasteiger charge is -2.32. The van der Waals surface area contributed by atoms with Crippen LogP contribution in [0, 0.1) is 0 Å². The first kappa shape index (κ1) is 18.3. The standard InChI is InChI=1S/C20H23ClO3/c1-13(2)15-7-11-18(12-8-15)24-20(4,19(22)23)14(3)16-5-9-17(21)10-6-16/h5-14H,1-4H3,(H,22,23)/t14-,20+/m1/s1. The van der Waals surface area contributed by atoms with Crippen LogP contribution < -0.4 is 4.74 Å². The van der Waals surface area contributed by atoms with E-state index < -0.39 is 11.6 Å². The van der Waals surface area contributed by atoms with Crippen LogP contribution in [0.1, 0.15) is 50.7 Å². The third-order valence-corrected chi connectivity index (χ3v) is 4.75. The minimum Gasteiger partial charge on any atom is -0.478 e. The molecule has 2 rings (SSSR count). The third kappa shape index (κ3) is 3.90. The number of aliphatic carboxylic acids is 1. The van der Waals surface area contributed by atoms with E-state index in [1.165, 1.54) is 5.56 Å². The van der Waals surface area contributed by atoms with Crippen molar-refractivity contribution in [1.29, 1.82) is 0 Å². The molecule has 1 N–H and O–H groups in total. The highest BCUT2D eigenvalue weighted by molar-refractivity contribution is 6.30. The first-order chi connectivity index (χ1) is 11.2. The van der Waals surface area contributed by atoms with Crippen LogP contribution in [0.2, 0.25) is 5.02 Å². The van der Waals surface area contributed by atoms with Crippen LogP contribution in [0.3, 0.4) is 0 Å². The van der Waals surface area contributed by atoms with E-state index in [0.29, 0.717) is 16.7 Å². The molecule has 0 bridgehead atoms. The monoisotopic (exact) mass is 346 g/mol. The van der Waals surface area contributed by atoms with Crippen LogP contribution in [0.15, 0.2) is 48.5 Å². The van der Waals surface area contributed by atoms with Crippen LogP contribution in [-0.2, 0) is 4.79 Å². The van der Waals surface area contributed by atoms with Crippen molar-refractivity contribution in [2.75, 3.05) is 0 Å². The minimum absolute atomic E-state index is 0.350. The SMILES string of the molecule is CC(C)c1ccc(O[C@](C)(C(=O)O)[C@H](C)c2ccc(Cl)cc2)cc1. The van der Waals surface area contributed by atoms with E-state index >= 15 is 0 Å². The van der Waals surface area contributed by atoms with Gasteiger partial charge in [0.15, 0.2) is 0 Å². The Balaban J connectivity index is 2.29. The fraction of sp³-hybridized carbons (Fsp3) is 0.350. The topological polar surface area (TPSA) is 46.5 Å². The zero-order valence-corrected chi connectivity index (χ0v) is 15.2. The molecule has 0 amide bonds. The summed E-state index contributed by atoms with van der Waals surface area (Å²) < 4.78 is 5.91. The van der Waals surface area contributed by atoms with Crippen molar-refractivity contribution < 1.29 is 14.6 Å². The van der Waals surface area contributed by atoms with E-state index in [9.17, 15) is 9.90 Å². The van der Waals surface area contributed by atoms with Crippen LogP contribution in [0.25, 0.3) is 0 Å². The number of rotatable bonds is 6. The second-order valence-electron chi connectivity index (χ2n) is 6.51. The zero-order valence-electron chi connectivity index (χ0n) is 14.4. The summed E-state index contributed by atoms with van der Waals surface area (Å²) in [4.78, 5) is 11.9. The predicted octanol–water partition coefficient (Wildman–Crippen LogP) is 5.49. The maximum absolute atomic E-state index is 11.9. The molecule has 128 valence electrons. The van der Waals surface area contributed by atoms with Crippen molar-refractivity contribution >= 4 is 17.6 Å². The fourth-order valence-corrected chi connectivity index (χ4v) is 2.68. The lowest BCUT2D eigenvalue weighted by molar-refractivity contribution is -0.155. The maximum atomic E-state index is 11.9. The molecule has 0 radical (unpaired) electrons. The molecule has 0 heterocycles. The molecule has 2 aromatic rings. The molecule has 0 aliphatic heterocycles. The van der Waals surface area contributed by atoms with Crippen molar-refractivity contribution in [3.8, 4) is 5.75 Å². The van der Waals surface area contributed by atoms with E-state index in [1.54, 1.807) is 19.1 Å². The third-order valence-electron chi connectivity index (χ3n) is 4.50. The Morgan fingerprint density at radius 2 is 1.50 bits per heavy atom. The molecule has 0 saturated carbocycles. The molecule has 0 unspecified atom stereocenters. The molecular formula is C20H23ClO3. The molecule has 0 aliphatic carbocycles. The van der Waals surface area contributed by atoms with Gasteiger partial charge in [0.25, 0.3) is 0 Å². The number of hydrogen-bond acceptors (Lipinski definition) is 2. The van der Waals surface area contributed by atoms with Gasteiger partial charge in [0.05, 0.1) is 0 Å². The van der Waals surface area contributed by atoms with E-state index in [4.69, 9.17) is 16.3 Å². The normalized spacial score (nSPS) is 14.9. The summed E-state index contributed by atoms with van der Waals surface area (Å²) in [6.07, 6.45) is 0. The molecule has 2 aromatic carbocycles. The van der Waals surface area contributed by atoms with Crippen molar-refractivity contribution in [2.24, 2.45) is 0 Å². The Morgan fingerprint density at radius 3 is 1.96 bits per heavy atom. The molecule has 0 fully saturated rings. The molecular weight excluding hydrogens is 324 g/mol. The van der Waals surface area contributed by atoms with Gasteiger partial charge in [-0.15, -0.1) is 0 Å². The summed E-state index contributed by atoms with van der Waals surface area (Å²) in [5.41, 5.74) is 0.668. The summed E-state index contributed by atoms with van der Waals surface area (Å²) in [5.74, 6) is -0.391. The molecule has 3 nitrogen and oxygen atoms in total. The van der Waals surface area contributed by atoms with Crippen molar-refractivity contribution in [2.45, 2.75) is 45.1 Å². The Morgan fingerprint density at radius 1 is 1.00 bits per heavy atom. The number of carbonyl (C=O) groups is 1. The molecule has 0 saturated heterocycles. The molecule has 0 spiro atoms. The van der Waals surface area contributed by atoms with Gasteiger partial charge >= 0.3 is 5.97 Å². The summed E-state index contributed by atoms with van der Waals surface area (Å²) in [7, 11) is 0. The van der Waals surface area contributed by atoms with Gasteiger partial charge in [-0.2, -0.15) is 0 Å². The van der Waals surface area contributed by atoms with Gasteiger partial charge < -0.3 is 9.84 Å². The summed E-state index contributed by atoms with van der Waals surface area (Å²) in [6, 6.07) is 14.8. The van der Waals surface area contributed by atoms with Crippen LogP contribution in [-0.4, -0.2) is 16.7 Å². The average Bonchev–Trinajstić information content (AvgIpc) is 2.55. The van der Waals surface area contributed by atoms with Gasteiger partial charge in [-0.1, -0.05) is 56.6 Å². The molecule has 0 aliphatic rings. The highest BCUT2D eigenvalue weighted by atomic mass is 35.5. The van der Waals surface area contributed by atoms with Gasteiger partial charge in [0.1, 0.15) is 5.75 Å². The smallest absolute Gasteiger partial charge is 0.348 e. The van der Waals surface area contributed by atoms with E-state index in [2.05, 4.69) is 13.8 Å². The van der Waals surface area contributed by atoms with Crippen molar-refractivity contribution in [3.63, 3.8) is 0 Å². The Kier molecular flexibility index (Phi) is 5.55. The average molecular weight is 347 g/mol. The Bertz CT molecular complexity index is 692. The van der Waals surface area contributed by atoms with E-state index in [-0.39, 0.29) is 5.92 Å². The second-order valence-corrected chi connectivity index (χ2v) is 6.95. The molecule has 24 heavy (non-hydrogen) atoms. The molecule has 4 heteroatoms. The lowest BCUT2D eigenvalue weighted by atomic mass is 9.84. The number of benzene rings is 2. The number of carboxylic acid groups (broad SMARTS) is 1. The Hall–Kier alpha value is -2.00. The van der Waals surface area contributed by atoms with Crippen LogP contribution in [0.4, 0.5) is 0 Å². The highest BCUT2D eigenvalue weighted by Gasteiger charge is 2.42. The lowest BCUT2D eigenvalue weighted by Crippen LogP contribution is -2.46. The van der Waals surface area contributed by atoms with Crippen molar-refractivity contribution in [1.82, 2.24) is 0 Å². The maximum Gasteiger partial charge on any atom is 0.348 e. The van der Waals surface area contributed by atoms with Crippen LogP contribution >= 0.6 is 11.6 Å². The van der Waals surface area contributed by atoms with Crippen LogP contribution in [0.5, 0.6) is 5.75 Å².